The Hall–Kier alpha value is -4.50. The molecule has 37 heavy (non-hydrogen) atoms. The summed E-state index contributed by atoms with van der Waals surface area (Å²) in [5.41, 5.74) is 7.53. The number of benzene rings is 5. The highest BCUT2D eigenvalue weighted by Crippen LogP contribution is 2.46. The standard InChI is InChI=1S/C34H28N2O/c1-34(2,3)36(29-20-12-22-31-33(29)25-16-8-10-21-30(25)37-31)28-19-11-18-27-32(28)24-15-7-9-17-26(24)35(27)23-13-5-4-6-14-23/h4-22H,1-3H3. The normalized spacial score (nSPS) is 12.2. The van der Waals surface area contributed by atoms with Crippen LogP contribution in [0.5, 0.6) is 0 Å². The Morgan fingerprint density at radius 3 is 1.92 bits per heavy atom. The lowest BCUT2D eigenvalue weighted by atomic mass is 9.98. The van der Waals surface area contributed by atoms with Gasteiger partial charge in [0.15, 0.2) is 0 Å². The Kier molecular flexibility index (Phi) is 4.71. The van der Waals surface area contributed by atoms with Crippen LogP contribution in [0.3, 0.4) is 0 Å². The van der Waals surface area contributed by atoms with Crippen molar-refractivity contribution in [2.24, 2.45) is 0 Å². The van der Waals surface area contributed by atoms with E-state index < -0.39 is 0 Å². The minimum Gasteiger partial charge on any atom is -0.456 e. The SMILES string of the molecule is CC(C)(C)N(c1cccc2oc3ccccc3c12)c1cccc2c1c1ccccc1n2-c1ccccc1. The van der Waals surface area contributed by atoms with Crippen molar-refractivity contribution >= 4 is 55.1 Å². The third kappa shape index (κ3) is 3.27. The maximum absolute atomic E-state index is 6.28. The molecule has 180 valence electrons. The highest BCUT2D eigenvalue weighted by atomic mass is 16.3. The number of furan rings is 1. The quantitative estimate of drug-likeness (QED) is 0.251. The van der Waals surface area contributed by atoms with Crippen molar-refractivity contribution in [1.29, 1.82) is 0 Å². The molecular weight excluding hydrogens is 452 g/mol. The van der Waals surface area contributed by atoms with Crippen LogP contribution in [0, 0.1) is 0 Å². The first kappa shape index (κ1) is 21.8. The van der Waals surface area contributed by atoms with Gasteiger partial charge < -0.3 is 13.9 Å². The number of aromatic nitrogens is 1. The predicted molar refractivity (Wildman–Crippen MR) is 156 cm³/mol. The topological polar surface area (TPSA) is 21.3 Å². The van der Waals surface area contributed by atoms with E-state index in [9.17, 15) is 0 Å². The zero-order valence-electron chi connectivity index (χ0n) is 21.3. The van der Waals surface area contributed by atoms with Gasteiger partial charge in [-0.1, -0.05) is 66.7 Å². The van der Waals surface area contributed by atoms with Crippen LogP contribution < -0.4 is 4.90 Å². The molecule has 0 aliphatic rings. The van der Waals surface area contributed by atoms with Crippen LogP contribution in [0.2, 0.25) is 0 Å². The third-order valence-corrected chi connectivity index (χ3v) is 7.22. The van der Waals surface area contributed by atoms with Crippen LogP contribution >= 0.6 is 0 Å². The number of anilines is 2. The van der Waals surface area contributed by atoms with E-state index in [1.807, 2.05) is 6.07 Å². The zero-order valence-corrected chi connectivity index (χ0v) is 21.3. The maximum atomic E-state index is 6.28. The summed E-state index contributed by atoms with van der Waals surface area (Å²) in [7, 11) is 0. The molecule has 0 saturated carbocycles. The highest BCUT2D eigenvalue weighted by molar-refractivity contribution is 6.18. The average molecular weight is 481 g/mol. The van der Waals surface area contributed by atoms with Crippen LogP contribution in [0.15, 0.2) is 120 Å². The summed E-state index contributed by atoms with van der Waals surface area (Å²) in [5.74, 6) is 0. The molecule has 2 aromatic heterocycles. The summed E-state index contributed by atoms with van der Waals surface area (Å²) < 4.78 is 8.66. The van der Waals surface area contributed by atoms with Gasteiger partial charge in [0.1, 0.15) is 11.2 Å². The average Bonchev–Trinajstić information content (AvgIpc) is 3.45. The van der Waals surface area contributed by atoms with Crippen LogP contribution in [0.1, 0.15) is 20.8 Å². The monoisotopic (exact) mass is 480 g/mol. The lowest BCUT2D eigenvalue weighted by Gasteiger charge is -2.38. The van der Waals surface area contributed by atoms with Crippen LogP contribution in [-0.2, 0) is 0 Å². The smallest absolute Gasteiger partial charge is 0.137 e. The van der Waals surface area contributed by atoms with Gasteiger partial charge in [-0.05, 0) is 69.3 Å². The van der Waals surface area contributed by atoms with Gasteiger partial charge >= 0.3 is 0 Å². The summed E-state index contributed by atoms with van der Waals surface area (Å²) in [6.07, 6.45) is 0. The Balaban J connectivity index is 1.61. The molecule has 7 aromatic rings. The third-order valence-electron chi connectivity index (χ3n) is 7.22. The zero-order chi connectivity index (χ0) is 25.1. The molecule has 0 bridgehead atoms. The van der Waals surface area contributed by atoms with Gasteiger partial charge in [0.25, 0.3) is 0 Å². The second-order valence-electron chi connectivity index (χ2n) is 10.6. The number of rotatable bonds is 3. The molecule has 3 nitrogen and oxygen atoms in total. The maximum Gasteiger partial charge on any atom is 0.137 e. The molecule has 0 spiro atoms. The fraction of sp³-hybridized carbons (Fsp3) is 0.118. The fourth-order valence-electron chi connectivity index (χ4n) is 5.84. The van der Waals surface area contributed by atoms with Crippen LogP contribution in [0.25, 0.3) is 49.4 Å². The van der Waals surface area contributed by atoms with Crippen molar-refractivity contribution in [2.45, 2.75) is 26.3 Å². The Bertz CT molecular complexity index is 1920. The molecule has 0 fully saturated rings. The van der Waals surface area contributed by atoms with Gasteiger partial charge in [-0.3, -0.25) is 0 Å². The summed E-state index contributed by atoms with van der Waals surface area (Å²) in [6.45, 7) is 6.84. The summed E-state index contributed by atoms with van der Waals surface area (Å²) in [5, 5.41) is 4.79. The first-order valence-corrected chi connectivity index (χ1v) is 12.8. The fourth-order valence-corrected chi connectivity index (χ4v) is 5.84. The van der Waals surface area contributed by atoms with E-state index in [-0.39, 0.29) is 5.54 Å². The van der Waals surface area contributed by atoms with Crippen LogP contribution in [0.4, 0.5) is 11.4 Å². The number of nitrogens with zero attached hydrogens (tertiary/aromatic N) is 2. The van der Waals surface area contributed by atoms with Crippen molar-refractivity contribution in [1.82, 2.24) is 4.57 Å². The van der Waals surface area contributed by atoms with E-state index in [2.05, 4.69) is 139 Å². The molecule has 0 unspecified atom stereocenters. The molecule has 0 radical (unpaired) electrons. The van der Waals surface area contributed by atoms with E-state index in [1.165, 1.54) is 27.5 Å². The van der Waals surface area contributed by atoms with E-state index in [0.29, 0.717) is 0 Å². The second kappa shape index (κ2) is 8.01. The number of hydrogen-bond acceptors (Lipinski definition) is 2. The highest BCUT2D eigenvalue weighted by Gasteiger charge is 2.29. The second-order valence-corrected chi connectivity index (χ2v) is 10.6. The molecule has 5 aromatic carbocycles. The molecule has 0 atom stereocenters. The molecule has 0 aliphatic heterocycles. The van der Waals surface area contributed by atoms with Gasteiger partial charge in [0.2, 0.25) is 0 Å². The van der Waals surface area contributed by atoms with Gasteiger partial charge in [-0.15, -0.1) is 0 Å². The van der Waals surface area contributed by atoms with Crippen LogP contribution in [-0.4, -0.2) is 10.1 Å². The molecule has 0 saturated heterocycles. The largest absolute Gasteiger partial charge is 0.456 e. The van der Waals surface area contributed by atoms with E-state index in [0.717, 1.165) is 33.3 Å². The van der Waals surface area contributed by atoms with E-state index >= 15 is 0 Å². The van der Waals surface area contributed by atoms with Crippen molar-refractivity contribution in [2.75, 3.05) is 4.90 Å². The number of fused-ring (bicyclic) bond motifs is 6. The number of para-hydroxylation sites is 3. The van der Waals surface area contributed by atoms with Gasteiger partial charge in [-0.25, -0.2) is 0 Å². The molecule has 7 rings (SSSR count). The predicted octanol–water partition coefficient (Wildman–Crippen LogP) is 9.62. The minimum atomic E-state index is -0.198. The summed E-state index contributed by atoms with van der Waals surface area (Å²) in [6, 6.07) is 40.8. The Morgan fingerprint density at radius 2 is 1.14 bits per heavy atom. The molecule has 3 heteroatoms. The first-order chi connectivity index (χ1) is 18.0. The van der Waals surface area contributed by atoms with Crippen molar-refractivity contribution in [3.63, 3.8) is 0 Å². The Labute approximate surface area is 216 Å². The molecule has 2 heterocycles. The van der Waals surface area contributed by atoms with E-state index in [1.54, 1.807) is 0 Å². The lowest BCUT2D eigenvalue weighted by molar-refractivity contribution is 0.563. The molecule has 0 amide bonds. The minimum absolute atomic E-state index is 0.198. The summed E-state index contributed by atoms with van der Waals surface area (Å²) >= 11 is 0. The van der Waals surface area contributed by atoms with Crippen molar-refractivity contribution in [3.05, 3.63) is 115 Å². The lowest BCUT2D eigenvalue weighted by Crippen LogP contribution is -2.37. The molecule has 0 N–H and O–H groups in total. The van der Waals surface area contributed by atoms with Crippen molar-refractivity contribution in [3.8, 4) is 5.69 Å². The molecular formula is C34H28N2O. The van der Waals surface area contributed by atoms with Gasteiger partial charge in [0, 0.05) is 27.4 Å². The Morgan fingerprint density at radius 1 is 0.541 bits per heavy atom. The summed E-state index contributed by atoms with van der Waals surface area (Å²) in [4.78, 5) is 2.49. The van der Waals surface area contributed by atoms with Crippen molar-refractivity contribution < 1.29 is 4.42 Å². The number of hydrogen-bond donors (Lipinski definition) is 0. The molecule has 0 aliphatic carbocycles. The van der Waals surface area contributed by atoms with Gasteiger partial charge in [0.05, 0.1) is 27.8 Å². The first-order valence-electron chi connectivity index (χ1n) is 12.8. The van der Waals surface area contributed by atoms with E-state index in [4.69, 9.17) is 4.42 Å². The van der Waals surface area contributed by atoms with Gasteiger partial charge in [-0.2, -0.15) is 0 Å².